The van der Waals surface area contributed by atoms with Crippen molar-refractivity contribution in [3.63, 3.8) is 0 Å². The fourth-order valence-electron chi connectivity index (χ4n) is 10.7. The third kappa shape index (κ3) is 5.87. The summed E-state index contributed by atoms with van der Waals surface area (Å²) in [4.78, 5) is 15.2. The number of aromatic nitrogens is 3. The van der Waals surface area contributed by atoms with Gasteiger partial charge in [-0.1, -0.05) is 190 Å². The highest BCUT2D eigenvalue weighted by atomic mass is 16.3. The van der Waals surface area contributed by atoms with Gasteiger partial charge in [-0.2, -0.15) is 0 Å². The molecule has 9 aromatic carbocycles. The molecular weight excluding hydrogens is 791 g/mol. The molecule has 0 fully saturated rings. The molecule has 1 atom stereocenters. The molecule has 0 amide bonds. The lowest BCUT2D eigenvalue weighted by Gasteiger charge is -2.23. The minimum Gasteiger partial charge on any atom is -0.456 e. The predicted molar refractivity (Wildman–Crippen MR) is 265 cm³/mol. The van der Waals surface area contributed by atoms with Gasteiger partial charge in [0, 0.05) is 38.8 Å². The summed E-state index contributed by atoms with van der Waals surface area (Å²) in [6.07, 6.45) is 0. The molecule has 0 saturated carbocycles. The van der Waals surface area contributed by atoms with Crippen LogP contribution in [0.2, 0.25) is 0 Å². The zero-order valence-electron chi connectivity index (χ0n) is 36.0. The van der Waals surface area contributed by atoms with E-state index in [0.717, 1.165) is 55.3 Å². The van der Waals surface area contributed by atoms with E-state index in [4.69, 9.17) is 19.4 Å². The highest BCUT2D eigenvalue weighted by molar-refractivity contribution is 6.14. The number of furan rings is 1. The largest absolute Gasteiger partial charge is 0.456 e. The van der Waals surface area contributed by atoms with E-state index in [9.17, 15) is 0 Å². The molecule has 65 heavy (non-hydrogen) atoms. The molecule has 2 aliphatic carbocycles. The van der Waals surface area contributed by atoms with Crippen molar-refractivity contribution in [1.29, 1.82) is 0 Å². The molecule has 11 aromatic rings. The van der Waals surface area contributed by atoms with Crippen LogP contribution in [0.15, 0.2) is 211 Å². The van der Waals surface area contributed by atoms with E-state index in [0.29, 0.717) is 17.5 Å². The van der Waals surface area contributed by atoms with Crippen LogP contribution in [0.25, 0.3) is 101 Å². The maximum absolute atomic E-state index is 6.64. The molecule has 13 rings (SSSR count). The van der Waals surface area contributed by atoms with Gasteiger partial charge in [0.25, 0.3) is 0 Å². The molecular formula is C61H41N3O. The normalized spacial score (nSPS) is 14.3. The summed E-state index contributed by atoms with van der Waals surface area (Å²) in [6, 6.07) is 73.7. The second kappa shape index (κ2) is 14.4. The van der Waals surface area contributed by atoms with Crippen molar-refractivity contribution >= 4 is 21.9 Å². The van der Waals surface area contributed by atoms with Crippen molar-refractivity contribution in [2.24, 2.45) is 0 Å². The van der Waals surface area contributed by atoms with E-state index in [1.165, 1.54) is 55.6 Å². The van der Waals surface area contributed by atoms with E-state index in [1.54, 1.807) is 0 Å². The van der Waals surface area contributed by atoms with Crippen molar-refractivity contribution in [2.75, 3.05) is 0 Å². The lowest BCUT2D eigenvalue weighted by Crippen LogP contribution is -2.15. The first-order valence-corrected chi connectivity index (χ1v) is 22.4. The highest BCUT2D eigenvalue weighted by Crippen LogP contribution is 2.56. The molecule has 0 saturated heterocycles. The van der Waals surface area contributed by atoms with Crippen LogP contribution < -0.4 is 0 Å². The lowest BCUT2D eigenvalue weighted by atomic mass is 9.80. The smallest absolute Gasteiger partial charge is 0.164 e. The van der Waals surface area contributed by atoms with Gasteiger partial charge in [-0.3, -0.25) is 0 Å². The lowest BCUT2D eigenvalue weighted by molar-refractivity contribution is 0.659. The summed E-state index contributed by atoms with van der Waals surface area (Å²) in [6.45, 7) is 4.75. The summed E-state index contributed by atoms with van der Waals surface area (Å²) in [7, 11) is 0. The quantitative estimate of drug-likeness (QED) is 0.167. The van der Waals surface area contributed by atoms with Crippen molar-refractivity contribution < 1.29 is 4.42 Å². The Labute approximate surface area is 377 Å². The van der Waals surface area contributed by atoms with Gasteiger partial charge in [-0.15, -0.1) is 0 Å². The van der Waals surface area contributed by atoms with Gasteiger partial charge < -0.3 is 4.42 Å². The molecule has 2 aromatic heterocycles. The topological polar surface area (TPSA) is 51.8 Å². The van der Waals surface area contributed by atoms with E-state index < -0.39 is 0 Å². The van der Waals surface area contributed by atoms with Crippen molar-refractivity contribution in [3.05, 3.63) is 234 Å². The van der Waals surface area contributed by atoms with E-state index >= 15 is 0 Å². The summed E-state index contributed by atoms with van der Waals surface area (Å²) in [5.41, 5.74) is 20.9. The molecule has 2 heterocycles. The highest BCUT2D eigenvalue weighted by Gasteiger charge is 2.39. The molecule has 2 aliphatic rings. The van der Waals surface area contributed by atoms with Gasteiger partial charge in [0.15, 0.2) is 17.5 Å². The first kappa shape index (κ1) is 37.4. The van der Waals surface area contributed by atoms with Gasteiger partial charge in [0.05, 0.1) is 0 Å². The zero-order chi connectivity index (χ0) is 43.2. The second-order valence-electron chi connectivity index (χ2n) is 17.9. The summed E-state index contributed by atoms with van der Waals surface area (Å²) in [5, 5.41) is 2.12. The Bertz CT molecular complexity index is 3630. The summed E-state index contributed by atoms with van der Waals surface area (Å²) < 4.78 is 6.64. The van der Waals surface area contributed by atoms with Crippen LogP contribution >= 0.6 is 0 Å². The van der Waals surface area contributed by atoms with Crippen molar-refractivity contribution in [1.82, 2.24) is 15.0 Å². The van der Waals surface area contributed by atoms with Gasteiger partial charge in [0.1, 0.15) is 11.2 Å². The van der Waals surface area contributed by atoms with Crippen molar-refractivity contribution in [2.45, 2.75) is 25.2 Å². The molecule has 0 spiro atoms. The summed E-state index contributed by atoms with van der Waals surface area (Å²) >= 11 is 0. The Balaban J connectivity index is 0.964. The summed E-state index contributed by atoms with van der Waals surface area (Å²) in [5.74, 6) is 2.03. The van der Waals surface area contributed by atoms with Gasteiger partial charge in [-0.05, 0) is 103 Å². The Morgan fingerprint density at radius 3 is 1.69 bits per heavy atom. The molecule has 1 unspecified atom stereocenters. The standard InChI is InChI=1S/C61H41N3O/c1-61(2)52-27-15-14-24-43(52)49-35-48-47-33-40(29-31-45(47)56(50(48)36-53(49)61)37-17-6-3-7-18-37)41-30-32-54-51(34-41)57-44(26-16-28-55(57)65-54)42-23-12-13-25-46(42)60-63-58(38-19-8-4-9-20-38)62-59(64-60)39-21-10-5-11-22-39/h3-36,56H,1-2H3. The SMILES string of the molecule is CC1(C)c2ccccc2-c2cc3c(cc21)C(c1ccccc1)c1ccc(-c2ccc4oc5cccc(-c6ccccc6-c6nc(-c7ccccc7)nc(-c7ccccc7)n6)c5c4c2)cc1-3. The van der Waals surface area contributed by atoms with Crippen LogP contribution in [-0.2, 0) is 5.41 Å². The molecule has 0 bridgehead atoms. The average Bonchev–Trinajstić information content (AvgIpc) is 3.98. The molecule has 0 radical (unpaired) electrons. The second-order valence-corrected chi connectivity index (χ2v) is 17.9. The van der Waals surface area contributed by atoms with Crippen LogP contribution in [0.1, 0.15) is 47.6 Å². The monoisotopic (exact) mass is 831 g/mol. The minimum atomic E-state index is -0.0776. The number of hydrogen-bond donors (Lipinski definition) is 0. The minimum absolute atomic E-state index is 0.0776. The van der Waals surface area contributed by atoms with Crippen LogP contribution in [-0.4, -0.2) is 15.0 Å². The number of rotatable bonds is 6. The van der Waals surface area contributed by atoms with E-state index in [-0.39, 0.29) is 11.3 Å². The Kier molecular flexibility index (Phi) is 8.28. The average molecular weight is 832 g/mol. The molecule has 4 heteroatoms. The molecule has 306 valence electrons. The van der Waals surface area contributed by atoms with Crippen LogP contribution in [0.4, 0.5) is 0 Å². The van der Waals surface area contributed by atoms with Crippen LogP contribution in [0, 0.1) is 0 Å². The number of fused-ring (bicyclic) bond motifs is 9. The number of nitrogens with zero attached hydrogens (tertiary/aromatic N) is 3. The third-order valence-corrected chi connectivity index (χ3v) is 13.8. The molecule has 0 N–H and O–H groups in total. The Morgan fingerprint density at radius 2 is 0.954 bits per heavy atom. The molecule has 0 aliphatic heterocycles. The predicted octanol–water partition coefficient (Wildman–Crippen LogP) is 15.6. The Hall–Kier alpha value is -8.21. The van der Waals surface area contributed by atoms with Crippen molar-refractivity contribution in [3.8, 4) is 78.7 Å². The fourth-order valence-corrected chi connectivity index (χ4v) is 10.7. The van der Waals surface area contributed by atoms with Gasteiger partial charge in [-0.25, -0.2) is 15.0 Å². The first-order chi connectivity index (χ1) is 32.0. The van der Waals surface area contributed by atoms with E-state index in [2.05, 4.69) is 159 Å². The van der Waals surface area contributed by atoms with Gasteiger partial charge in [0.2, 0.25) is 0 Å². The number of benzene rings is 9. The van der Waals surface area contributed by atoms with Crippen LogP contribution in [0.3, 0.4) is 0 Å². The zero-order valence-corrected chi connectivity index (χ0v) is 36.0. The third-order valence-electron chi connectivity index (χ3n) is 13.8. The number of hydrogen-bond acceptors (Lipinski definition) is 4. The molecule has 4 nitrogen and oxygen atoms in total. The van der Waals surface area contributed by atoms with E-state index in [1.807, 2.05) is 60.7 Å². The fraction of sp³-hybridized carbons (Fsp3) is 0.0656. The maximum atomic E-state index is 6.64. The first-order valence-electron chi connectivity index (χ1n) is 22.4. The van der Waals surface area contributed by atoms with Crippen LogP contribution in [0.5, 0.6) is 0 Å². The van der Waals surface area contributed by atoms with Gasteiger partial charge >= 0.3 is 0 Å². The Morgan fingerprint density at radius 1 is 0.369 bits per heavy atom. The maximum Gasteiger partial charge on any atom is 0.164 e.